The average molecular weight is 267 g/mol. The first kappa shape index (κ1) is 15.2. The SMILES string of the molecule is CCc1cc(C(=O)N(CCC(=O)O)CC(C)C)n[nH]1. The number of amides is 1. The molecule has 0 aliphatic carbocycles. The normalized spacial score (nSPS) is 10.7. The van der Waals surface area contributed by atoms with E-state index in [9.17, 15) is 9.59 Å². The van der Waals surface area contributed by atoms with Crippen molar-refractivity contribution in [3.63, 3.8) is 0 Å². The van der Waals surface area contributed by atoms with Crippen LogP contribution in [-0.4, -0.2) is 45.2 Å². The number of aromatic amines is 1. The Bertz CT molecular complexity index is 440. The third-order valence-electron chi connectivity index (χ3n) is 2.70. The standard InChI is InChI=1S/C13H21N3O3/c1-4-10-7-11(15-14-10)13(19)16(8-9(2)3)6-5-12(17)18/h7,9H,4-6,8H2,1-3H3,(H,14,15)(H,17,18). The molecule has 0 bridgehead atoms. The van der Waals surface area contributed by atoms with E-state index in [0.29, 0.717) is 12.2 Å². The summed E-state index contributed by atoms with van der Waals surface area (Å²) in [4.78, 5) is 24.5. The van der Waals surface area contributed by atoms with E-state index in [-0.39, 0.29) is 24.8 Å². The van der Waals surface area contributed by atoms with Crippen molar-refractivity contribution in [1.29, 1.82) is 0 Å². The van der Waals surface area contributed by atoms with E-state index in [1.165, 1.54) is 0 Å². The van der Waals surface area contributed by atoms with Crippen LogP contribution in [0.5, 0.6) is 0 Å². The third-order valence-corrected chi connectivity index (χ3v) is 2.70. The minimum Gasteiger partial charge on any atom is -0.481 e. The van der Waals surface area contributed by atoms with Crippen LogP contribution in [0.3, 0.4) is 0 Å². The Hall–Kier alpha value is -1.85. The second-order valence-electron chi connectivity index (χ2n) is 4.92. The van der Waals surface area contributed by atoms with Crippen LogP contribution < -0.4 is 0 Å². The molecule has 6 nitrogen and oxygen atoms in total. The quantitative estimate of drug-likeness (QED) is 0.784. The van der Waals surface area contributed by atoms with E-state index in [2.05, 4.69) is 10.2 Å². The zero-order valence-electron chi connectivity index (χ0n) is 11.6. The molecule has 19 heavy (non-hydrogen) atoms. The fourth-order valence-corrected chi connectivity index (χ4v) is 1.76. The molecule has 0 unspecified atom stereocenters. The van der Waals surface area contributed by atoms with Crippen LogP contribution in [0.25, 0.3) is 0 Å². The van der Waals surface area contributed by atoms with E-state index < -0.39 is 5.97 Å². The number of aryl methyl sites for hydroxylation is 1. The van der Waals surface area contributed by atoms with Gasteiger partial charge in [-0.05, 0) is 18.4 Å². The first-order chi connectivity index (χ1) is 8.93. The van der Waals surface area contributed by atoms with Gasteiger partial charge < -0.3 is 10.0 Å². The number of carbonyl (C=O) groups is 2. The van der Waals surface area contributed by atoms with Gasteiger partial charge in [0.25, 0.3) is 5.91 Å². The summed E-state index contributed by atoms with van der Waals surface area (Å²) >= 11 is 0. The van der Waals surface area contributed by atoms with Crippen LogP contribution in [0.15, 0.2) is 6.07 Å². The number of rotatable bonds is 7. The molecule has 106 valence electrons. The molecule has 0 radical (unpaired) electrons. The Labute approximate surface area is 112 Å². The van der Waals surface area contributed by atoms with Crippen LogP contribution in [0, 0.1) is 5.92 Å². The molecule has 0 aliphatic heterocycles. The Kier molecular flexibility index (Phi) is 5.54. The summed E-state index contributed by atoms with van der Waals surface area (Å²) < 4.78 is 0. The largest absolute Gasteiger partial charge is 0.481 e. The van der Waals surface area contributed by atoms with Crippen molar-refractivity contribution in [1.82, 2.24) is 15.1 Å². The predicted molar refractivity (Wildman–Crippen MR) is 71.0 cm³/mol. The maximum absolute atomic E-state index is 12.3. The van der Waals surface area contributed by atoms with Gasteiger partial charge in [-0.15, -0.1) is 0 Å². The van der Waals surface area contributed by atoms with Crippen molar-refractivity contribution < 1.29 is 14.7 Å². The van der Waals surface area contributed by atoms with Gasteiger partial charge in [-0.3, -0.25) is 14.7 Å². The summed E-state index contributed by atoms with van der Waals surface area (Å²) in [5.41, 5.74) is 1.24. The average Bonchev–Trinajstić information content (AvgIpc) is 2.81. The summed E-state index contributed by atoms with van der Waals surface area (Å²) in [6.45, 7) is 6.69. The zero-order chi connectivity index (χ0) is 14.4. The molecule has 1 aromatic heterocycles. The lowest BCUT2D eigenvalue weighted by Gasteiger charge is -2.22. The number of aliphatic carboxylic acids is 1. The van der Waals surface area contributed by atoms with Crippen molar-refractivity contribution in [3.05, 3.63) is 17.5 Å². The predicted octanol–water partition coefficient (Wildman–Crippen LogP) is 1.54. The molecule has 1 aromatic rings. The second-order valence-corrected chi connectivity index (χ2v) is 4.92. The van der Waals surface area contributed by atoms with Gasteiger partial charge in [-0.2, -0.15) is 5.10 Å². The maximum Gasteiger partial charge on any atom is 0.305 e. The number of carbonyl (C=O) groups excluding carboxylic acids is 1. The molecule has 0 saturated carbocycles. The monoisotopic (exact) mass is 267 g/mol. The van der Waals surface area contributed by atoms with E-state index in [1.807, 2.05) is 20.8 Å². The summed E-state index contributed by atoms with van der Waals surface area (Å²) in [6, 6.07) is 1.72. The van der Waals surface area contributed by atoms with Crippen molar-refractivity contribution >= 4 is 11.9 Å². The van der Waals surface area contributed by atoms with E-state index in [4.69, 9.17) is 5.11 Å². The number of hydrogen-bond donors (Lipinski definition) is 2. The van der Waals surface area contributed by atoms with Crippen LogP contribution in [-0.2, 0) is 11.2 Å². The minimum absolute atomic E-state index is 0.0521. The van der Waals surface area contributed by atoms with Gasteiger partial charge in [-0.25, -0.2) is 0 Å². The number of hydrogen-bond acceptors (Lipinski definition) is 3. The second kappa shape index (κ2) is 6.92. The Morgan fingerprint density at radius 1 is 1.47 bits per heavy atom. The van der Waals surface area contributed by atoms with Crippen molar-refractivity contribution in [2.45, 2.75) is 33.6 Å². The van der Waals surface area contributed by atoms with Gasteiger partial charge in [0, 0.05) is 18.8 Å². The van der Waals surface area contributed by atoms with Crippen LogP contribution in [0.2, 0.25) is 0 Å². The molecule has 1 amide bonds. The van der Waals surface area contributed by atoms with Gasteiger partial charge in [-0.1, -0.05) is 20.8 Å². The smallest absolute Gasteiger partial charge is 0.305 e. The van der Waals surface area contributed by atoms with Crippen molar-refractivity contribution in [3.8, 4) is 0 Å². The fourth-order valence-electron chi connectivity index (χ4n) is 1.76. The molecule has 1 rings (SSSR count). The molecular formula is C13H21N3O3. The lowest BCUT2D eigenvalue weighted by Crippen LogP contribution is -2.36. The summed E-state index contributed by atoms with van der Waals surface area (Å²) in [5.74, 6) is -0.842. The molecule has 0 aromatic carbocycles. The van der Waals surface area contributed by atoms with Gasteiger partial charge in [0.05, 0.1) is 6.42 Å². The third kappa shape index (κ3) is 4.73. The molecule has 0 aliphatic rings. The number of H-pyrrole nitrogens is 1. The van der Waals surface area contributed by atoms with Crippen LogP contribution in [0.4, 0.5) is 0 Å². The molecule has 0 spiro atoms. The Morgan fingerprint density at radius 3 is 2.63 bits per heavy atom. The summed E-state index contributed by atoms with van der Waals surface area (Å²) in [7, 11) is 0. The Morgan fingerprint density at radius 2 is 2.16 bits per heavy atom. The summed E-state index contributed by atoms with van der Waals surface area (Å²) in [5, 5.41) is 15.5. The van der Waals surface area contributed by atoms with Gasteiger partial charge >= 0.3 is 5.97 Å². The highest BCUT2D eigenvalue weighted by Crippen LogP contribution is 2.08. The first-order valence-corrected chi connectivity index (χ1v) is 6.49. The number of nitrogens with one attached hydrogen (secondary N) is 1. The molecular weight excluding hydrogens is 246 g/mol. The minimum atomic E-state index is -0.905. The maximum atomic E-state index is 12.3. The lowest BCUT2D eigenvalue weighted by molar-refractivity contribution is -0.137. The van der Waals surface area contributed by atoms with Gasteiger partial charge in [0.15, 0.2) is 0 Å². The molecule has 0 saturated heterocycles. The first-order valence-electron chi connectivity index (χ1n) is 6.49. The lowest BCUT2D eigenvalue weighted by atomic mass is 10.2. The zero-order valence-corrected chi connectivity index (χ0v) is 11.6. The summed E-state index contributed by atoms with van der Waals surface area (Å²) in [6.07, 6.45) is 0.725. The van der Waals surface area contributed by atoms with Crippen molar-refractivity contribution in [2.75, 3.05) is 13.1 Å². The van der Waals surface area contributed by atoms with E-state index in [1.54, 1.807) is 11.0 Å². The number of carboxylic acids is 1. The number of carboxylic acid groups (broad SMARTS) is 1. The molecule has 1 heterocycles. The Balaban J connectivity index is 2.77. The van der Waals surface area contributed by atoms with Gasteiger partial charge in [0.1, 0.15) is 5.69 Å². The number of aromatic nitrogens is 2. The highest BCUT2D eigenvalue weighted by atomic mass is 16.4. The molecule has 0 fully saturated rings. The molecule has 0 atom stereocenters. The van der Waals surface area contributed by atoms with Crippen LogP contribution in [0.1, 0.15) is 43.4 Å². The molecule has 6 heteroatoms. The van der Waals surface area contributed by atoms with Crippen molar-refractivity contribution in [2.24, 2.45) is 5.92 Å². The van der Waals surface area contributed by atoms with E-state index in [0.717, 1.165) is 12.1 Å². The van der Waals surface area contributed by atoms with Crippen LogP contribution >= 0.6 is 0 Å². The van der Waals surface area contributed by atoms with Gasteiger partial charge in [0.2, 0.25) is 0 Å². The van der Waals surface area contributed by atoms with E-state index >= 15 is 0 Å². The highest BCUT2D eigenvalue weighted by Gasteiger charge is 2.20. The topological polar surface area (TPSA) is 86.3 Å². The highest BCUT2D eigenvalue weighted by molar-refractivity contribution is 5.92. The molecule has 2 N–H and O–H groups in total. The fraction of sp³-hybridized carbons (Fsp3) is 0.615. The number of nitrogens with zero attached hydrogens (tertiary/aromatic N) is 2.